The van der Waals surface area contributed by atoms with Gasteiger partial charge >= 0.3 is 0 Å². The van der Waals surface area contributed by atoms with E-state index in [1.165, 1.54) is 10.4 Å². The van der Waals surface area contributed by atoms with Crippen LogP contribution in [0, 0.1) is 6.92 Å². The Labute approximate surface area is 144 Å². The van der Waals surface area contributed by atoms with Gasteiger partial charge in [0.1, 0.15) is 0 Å². The number of aryl methyl sites for hydroxylation is 1. The molecule has 1 N–H and O–H groups in total. The van der Waals surface area contributed by atoms with Gasteiger partial charge in [0.25, 0.3) is 5.91 Å². The van der Waals surface area contributed by atoms with E-state index in [-0.39, 0.29) is 16.8 Å². The number of hydrogen-bond donors (Lipinski definition) is 1. The third-order valence-corrected chi connectivity index (χ3v) is 6.40. The third kappa shape index (κ3) is 4.15. The smallest absolute Gasteiger partial charge is 0.251 e. The van der Waals surface area contributed by atoms with E-state index in [0.717, 1.165) is 12.8 Å². The van der Waals surface area contributed by atoms with E-state index in [0.29, 0.717) is 37.4 Å². The summed E-state index contributed by atoms with van der Waals surface area (Å²) in [7, 11) is -3.61. The van der Waals surface area contributed by atoms with E-state index in [1.54, 1.807) is 19.1 Å². The largest absolute Gasteiger partial charge is 0.379 e. The first-order valence-electron chi connectivity index (χ1n) is 8.39. The minimum Gasteiger partial charge on any atom is -0.379 e. The second-order valence-corrected chi connectivity index (χ2v) is 7.89. The highest BCUT2D eigenvalue weighted by atomic mass is 32.2. The van der Waals surface area contributed by atoms with Gasteiger partial charge in [0.2, 0.25) is 10.0 Å². The van der Waals surface area contributed by atoms with Gasteiger partial charge in [0, 0.05) is 24.7 Å². The average molecular weight is 354 g/mol. The van der Waals surface area contributed by atoms with E-state index in [1.807, 2.05) is 13.8 Å². The summed E-state index contributed by atoms with van der Waals surface area (Å²) in [6, 6.07) is 4.94. The number of carbonyl (C=O) groups excluding carboxylic acids is 1. The SMILES string of the molecule is CCC(CC)NC(=O)c1ccc(C)c(S(=O)(=O)N2CCOCC2)c1. The maximum absolute atomic E-state index is 12.9. The lowest BCUT2D eigenvalue weighted by molar-refractivity contribution is 0.0730. The fourth-order valence-corrected chi connectivity index (χ4v) is 4.37. The topological polar surface area (TPSA) is 75.7 Å². The van der Waals surface area contributed by atoms with Crippen LogP contribution in [0.1, 0.15) is 42.6 Å². The number of morpholine rings is 1. The van der Waals surface area contributed by atoms with Crippen LogP contribution < -0.4 is 5.32 Å². The predicted octanol–water partition coefficient (Wildman–Crippen LogP) is 1.93. The summed E-state index contributed by atoms with van der Waals surface area (Å²) in [5.41, 5.74) is 1.01. The van der Waals surface area contributed by atoms with Crippen LogP contribution in [0.2, 0.25) is 0 Å². The predicted molar refractivity (Wildman–Crippen MR) is 92.6 cm³/mol. The van der Waals surface area contributed by atoms with Gasteiger partial charge < -0.3 is 10.1 Å². The molecule has 0 atom stereocenters. The van der Waals surface area contributed by atoms with Crippen LogP contribution in [0.5, 0.6) is 0 Å². The number of nitrogens with zero attached hydrogens (tertiary/aromatic N) is 1. The molecule has 1 aromatic rings. The lowest BCUT2D eigenvalue weighted by Gasteiger charge is -2.27. The first-order valence-corrected chi connectivity index (χ1v) is 9.83. The van der Waals surface area contributed by atoms with E-state index in [9.17, 15) is 13.2 Å². The molecule has 6 nitrogen and oxygen atoms in total. The standard InChI is InChI=1S/C17H26N2O4S/c1-4-15(5-2)18-17(20)14-7-6-13(3)16(12-14)24(21,22)19-8-10-23-11-9-19/h6-7,12,15H,4-5,8-11H2,1-3H3,(H,18,20). The number of benzene rings is 1. The van der Waals surface area contributed by atoms with Crippen molar-refractivity contribution in [3.63, 3.8) is 0 Å². The molecule has 1 amide bonds. The maximum Gasteiger partial charge on any atom is 0.251 e. The van der Waals surface area contributed by atoms with Gasteiger partial charge in [0.05, 0.1) is 18.1 Å². The molecule has 24 heavy (non-hydrogen) atoms. The first-order chi connectivity index (χ1) is 11.4. The van der Waals surface area contributed by atoms with Crippen molar-refractivity contribution < 1.29 is 17.9 Å². The zero-order valence-corrected chi connectivity index (χ0v) is 15.4. The zero-order chi connectivity index (χ0) is 17.7. The monoisotopic (exact) mass is 354 g/mol. The van der Waals surface area contributed by atoms with Crippen molar-refractivity contribution in [1.82, 2.24) is 9.62 Å². The molecule has 1 aliphatic heterocycles. The third-order valence-electron chi connectivity index (χ3n) is 4.36. The molecule has 1 saturated heterocycles. The first kappa shape index (κ1) is 18.9. The molecule has 0 aliphatic carbocycles. The van der Waals surface area contributed by atoms with Gasteiger partial charge in [-0.05, 0) is 37.5 Å². The molecule has 0 aromatic heterocycles. The molecular weight excluding hydrogens is 328 g/mol. The molecule has 1 aliphatic rings. The van der Waals surface area contributed by atoms with Crippen LogP contribution in [0.15, 0.2) is 23.1 Å². The average Bonchev–Trinajstić information content (AvgIpc) is 2.60. The summed E-state index contributed by atoms with van der Waals surface area (Å²) in [6.07, 6.45) is 1.68. The van der Waals surface area contributed by atoms with E-state index >= 15 is 0 Å². The highest BCUT2D eigenvalue weighted by molar-refractivity contribution is 7.89. The Balaban J connectivity index is 2.29. The molecule has 0 bridgehead atoms. The number of rotatable bonds is 6. The number of ether oxygens (including phenoxy) is 1. The van der Waals surface area contributed by atoms with Crippen LogP contribution in [0.4, 0.5) is 0 Å². The molecule has 0 spiro atoms. The van der Waals surface area contributed by atoms with Crippen LogP contribution in [0.25, 0.3) is 0 Å². The van der Waals surface area contributed by atoms with Gasteiger partial charge in [-0.2, -0.15) is 4.31 Å². The second kappa shape index (κ2) is 8.09. The zero-order valence-electron chi connectivity index (χ0n) is 14.5. The van der Waals surface area contributed by atoms with Crippen molar-refractivity contribution >= 4 is 15.9 Å². The molecule has 7 heteroatoms. The Kier molecular flexibility index (Phi) is 6.37. The Hall–Kier alpha value is -1.44. The minimum absolute atomic E-state index is 0.0955. The molecule has 1 fully saturated rings. The number of sulfonamides is 1. The normalized spacial score (nSPS) is 16.3. The number of nitrogens with one attached hydrogen (secondary N) is 1. The second-order valence-electron chi connectivity index (χ2n) is 5.98. The highest BCUT2D eigenvalue weighted by Gasteiger charge is 2.28. The maximum atomic E-state index is 12.9. The van der Waals surface area contributed by atoms with Crippen molar-refractivity contribution in [2.45, 2.75) is 44.6 Å². The van der Waals surface area contributed by atoms with Gasteiger partial charge in [-0.3, -0.25) is 4.79 Å². The Morgan fingerprint density at radius 3 is 2.46 bits per heavy atom. The van der Waals surface area contributed by atoms with Crippen molar-refractivity contribution in [1.29, 1.82) is 0 Å². The molecule has 1 aromatic carbocycles. The number of carbonyl (C=O) groups is 1. The van der Waals surface area contributed by atoms with Crippen molar-refractivity contribution in [2.24, 2.45) is 0 Å². The summed E-state index contributed by atoms with van der Waals surface area (Å²) in [5, 5.41) is 2.94. The quantitative estimate of drug-likeness (QED) is 0.847. The van der Waals surface area contributed by atoms with Gasteiger partial charge in [-0.1, -0.05) is 19.9 Å². The fraction of sp³-hybridized carbons (Fsp3) is 0.588. The molecule has 134 valence electrons. The van der Waals surface area contributed by atoms with Crippen LogP contribution in [-0.2, 0) is 14.8 Å². The van der Waals surface area contributed by atoms with Crippen molar-refractivity contribution in [3.05, 3.63) is 29.3 Å². The summed E-state index contributed by atoms with van der Waals surface area (Å²) in [4.78, 5) is 12.6. The van der Waals surface area contributed by atoms with Gasteiger partial charge in [0.15, 0.2) is 0 Å². The van der Waals surface area contributed by atoms with E-state index in [4.69, 9.17) is 4.74 Å². The van der Waals surface area contributed by atoms with E-state index < -0.39 is 10.0 Å². The van der Waals surface area contributed by atoms with Gasteiger partial charge in [-0.25, -0.2) is 8.42 Å². The Morgan fingerprint density at radius 1 is 1.25 bits per heavy atom. The molecule has 0 unspecified atom stereocenters. The molecular formula is C17H26N2O4S. The molecule has 1 heterocycles. The minimum atomic E-state index is -3.61. The van der Waals surface area contributed by atoms with Crippen molar-refractivity contribution in [3.8, 4) is 0 Å². The van der Waals surface area contributed by atoms with E-state index in [2.05, 4.69) is 5.32 Å². The van der Waals surface area contributed by atoms with Crippen molar-refractivity contribution in [2.75, 3.05) is 26.3 Å². The van der Waals surface area contributed by atoms with Crippen LogP contribution in [-0.4, -0.2) is 51.0 Å². The number of amides is 1. The van der Waals surface area contributed by atoms with Crippen LogP contribution >= 0.6 is 0 Å². The van der Waals surface area contributed by atoms with Gasteiger partial charge in [-0.15, -0.1) is 0 Å². The summed E-state index contributed by atoms with van der Waals surface area (Å²) >= 11 is 0. The Morgan fingerprint density at radius 2 is 1.88 bits per heavy atom. The highest BCUT2D eigenvalue weighted by Crippen LogP contribution is 2.22. The van der Waals surface area contributed by atoms with Crippen LogP contribution in [0.3, 0.4) is 0 Å². The lowest BCUT2D eigenvalue weighted by Crippen LogP contribution is -2.41. The number of hydrogen-bond acceptors (Lipinski definition) is 4. The summed E-state index contributed by atoms with van der Waals surface area (Å²) < 4.78 is 32.4. The fourth-order valence-electron chi connectivity index (χ4n) is 2.71. The summed E-state index contributed by atoms with van der Waals surface area (Å²) in [6.45, 7) is 7.24. The molecule has 0 saturated carbocycles. The Bertz CT molecular complexity index is 678. The molecule has 0 radical (unpaired) electrons. The molecule has 2 rings (SSSR count). The summed E-state index contributed by atoms with van der Waals surface area (Å²) in [5.74, 6) is -0.234. The lowest BCUT2D eigenvalue weighted by atomic mass is 10.1.